The first-order valence-corrected chi connectivity index (χ1v) is 7.45. The first-order chi connectivity index (χ1) is 11.6. The van der Waals surface area contributed by atoms with E-state index in [1.165, 1.54) is 6.26 Å². The number of hydrogen-bond donors (Lipinski definition) is 1. The minimum absolute atomic E-state index is 0.283. The van der Waals surface area contributed by atoms with Gasteiger partial charge < -0.3 is 10.2 Å². The van der Waals surface area contributed by atoms with E-state index >= 15 is 0 Å². The average molecular weight is 321 g/mol. The van der Waals surface area contributed by atoms with E-state index in [-0.39, 0.29) is 5.82 Å². The molecule has 24 heavy (non-hydrogen) atoms. The highest BCUT2D eigenvalue weighted by Crippen LogP contribution is 2.23. The van der Waals surface area contributed by atoms with Gasteiger partial charge in [0.25, 0.3) is 0 Å². The molecule has 0 amide bonds. The van der Waals surface area contributed by atoms with Crippen LogP contribution in [0.2, 0.25) is 0 Å². The summed E-state index contributed by atoms with van der Waals surface area (Å²) in [5.41, 5.74) is 9.92. The molecule has 0 aliphatic heterocycles. The van der Waals surface area contributed by atoms with Crippen LogP contribution in [0.15, 0.2) is 35.2 Å². The number of hydrogen-bond acceptors (Lipinski definition) is 7. The molecule has 4 aromatic heterocycles. The molecular weight excluding hydrogens is 306 g/mol. The molecule has 120 valence electrons. The molecule has 4 rings (SSSR count). The van der Waals surface area contributed by atoms with Gasteiger partial charge in [0.15, 0.2) is 17.3 Å². The molecule has 0 saturated carbocycles. The number of aryl methyl sites for hydroxylation is 2. The molecule has 0 unspecified atom stereocenters. The van der Waals surface area contributed by atoms with Crippen LogP contribution < -0.4 is 5.73 Å². The van der Waals surface area contributed by atoms with E-state index in [1.807, 2.05) is 26.0 Å². The second-order valence-electron chi connectivity index (χ2n) is 5.48. The van der Waals surface area contributed by atoms with E-state index in [2.05, 4.69) is 25.0 Å². The highest BCUT2D eigenvalue weighted by molar-refractivity contribution is 5.66. The van der Waals surface area contributed by atoms with E-state index < -0.39 is 0 Å². The van der Waals surface area contributed by atoms with Crippen LogP contribution >= 0.6 is 0 Å². The number of rotatable bonds is 3. The third kappa shape index (κ3) is 2.28. The van der Waals surface area contributed by atoms with Gasteiger partial charge in [0, 0.05) is 6.20 Å². The second-order valence-corrected chi connectivity index (χ2v) is 5.48. The fraction of sp³-hybridized carbons (Fsp3) is 0.188. The summed E-state index contributed by atoms with van der Waals surface area (Å²) in [4.78, 5) is 17.4. The molecule has 0 aromatic carbocycles. The van der Waals surface area contributed by atoms with Crippen LogP contribution in [0.5, 0.6) is 0 Å². The summed E-state index contributed by atoms with van der Waals surface area (Å²) in [6.45, 7) is 3.89. The van der Waals surface area contributed by atoms with Gasteiger partial charge >= 0.3 is 0 Å². The molecular formula is C16H15N7O. The normalized spacial score (nSPS) is 11.2. The van der Waals surface area contributed by atoms with Crippen molar-refractivity contribution in [3.8, 4) is 11.6 Å². The molecule has 0 atom stereocenters. The first-order valence-electron chi connectivity index (χ1n) is 7.45. The molecule has 4 heterocycles. The monoisotopic (exact) mass is 321 g/mol. The van der Waals surface area contributed by atoms with E-state index in [0.717, 1.165) is 17.0 Å². The molecule has 8 heteroatoms. The first kappa shape index (κ1) is 14.3. The van der Waals surface area contributed by atoms with Crippen LogP contribution in [0, 0.1) is 13.8 Å². The summed E-state index contributed by atoms with van der Waals surface area (Å²) in [5.74, 6) is 1.32. The molecule has 0 aliphatic carbocycles. The Morgan fingerprint density at radius 3 is 2.79 bits per heavy atom. The predicted molar refractivity (Wildman–Crippen MR) is 87.2 cm³/mol. The maximum atomic E-state index is 6.05. The topological polar surface area (TPSA) is 108 Å². The van der Waals surface area contributed by atoms with Crippen LogP contribution in [0.3, 0.4) is 0 Å². The number of fused-ring (bicyclic) bond motifs is 1. The molecule has 0 spiro atoms. The van der Waals surface area contributed by atoms with Gasteiger partial charge in [-0.15, -0.1) is 0 Å². The number of aromatic nitrogens is 6. The Hall–Kier alpha value is -3.29. The molecule has 0 aliphatic rings. The number of anilines is 1. The van der Waals surface area contributed by atoms with Crippen molar-refractivity contribution < 1.29 is 4.42 Å². The standard InChI is InChI=1S/C16H15N7O/c1-9-4-3-5-18-11(9)8-12-20-15-14(17)21-13(10(2)23(15)22-12)16-19-6-7-24-16/h3-7H,8H2,1-2H3,(H2,17,21). The summed E-state index contributed by atoms with van der Waals surface area (Å²) in [6, 6.07) is 3.92. The van der Waals surface area contributed by atoms with Crippen molar-refractivity contribution in [1.29, 1.82) is 0 Å². The van der Waals surface area contributed by atoms with Crippen molar-refractivity contribution in [3.05, 3.63) is 53.6 Å². The van der Waals surface area contributed by atoms with Gasteiger partial charge in [-0.05, 0) is 25.5 Å². The Morgan fingerprint density at radius 1 is 1.17 bits per heavy atom. The summed E-state index contributed by atoms with van der Waals surface area (Å²) >= 11 is 0. The van der Waals surface area contributed by atoms with Gasteiger partial charge in [-0.1, -0.05) is 6.07 Å². The van der Waals surface area contributed by atoms with Gasteiger partial charge in [0.1, 0.15) is 12.0 Å². The SMILES string of the molecule is Cc1cccnc1Cc1nc2c(N)nc(-c3ncco3)c(C)n2n1. The third-order valence-electron chi connectivity index (χ3n) is 3.85. The lowest BCUT2D eigenvalue weighted by Gasteiger charge is -2.04. The second kappa shape index (κ2) is 5.41. The maximum Gasteiger partial charge on any atom is 0.246 e. The summed E-state index contributed by atoms with van der Waals surface area (Å²) in [6.07, 6.45) is 5.35. The zero-order chi connectivity index (χ0) is 16.7. The van der Waals surface area contributed by atoms with Gasteiger partial charge in [-0.25, -0.2) is 19.5 Å². The summed E-state index contributed by atoms with van der Waals surface area (Å²) in [7, 11) is 0. The Kier molecular flexibility index (Phi) is 3.23. The molecule has 0 saturated heterocycles. The average Bonchev–Trinajstić information content (AvgIpc) is 3.23. The lowest BCUT2D eigenvalue weighted by atomic mass is 10.1. The van der Waals surface area contributed by atoms with E-state index in [4.69, 9.17) is 10.2 Å². The third-order valence-corrected chi connectivity index (χ3v) is 3.85. The maximum absolute atomic E-state index is 6.05. The minimum atomic E-state index is 0.283. The fourth-order valence-corrected chi connectivity index (χ4v) is 2.58. The van der Waals surface area contributed by atoms with Gasteiger partial charge in [0.2, 0.25) is 5.89 Å². The minimum Gasteiger partial charge on any atom is -0.443 e. The van der Waals surface area contributed by atoms with E-state index in [9.17, 15) is 0 Å². The van der Waals surface area contributed by atoms with Gasteiger partial charge in [-0.3, -0.25) is 4.98 Å². The summed E-state index contributed by atoms with van der Waals surface area (Å²) in [5, 5.41) is 4.56. The van der Waals surface area contributed by atoms with E-state index in [1.54, 1.807) is 16.9 Å². The van der Waals surface area contributed by atoms with Crippen LogP contribution in [-0.4, -0.2) is 29.5 Å². The van der Waals surface area contributed by atoms with Crippen LogP contribution in [0.1, 0.15) is 22.8 Å². The quantitative estimate of drug-likeness (QED) is 0.614. The molecule has 0 radical (unpaired) electrons. The van der Waals surface area contributed by atoms with Crippen molar-refractivity contribution in [2.24, 2.45) is 0 Å². The highest BCUT2D eigenvalue weighted by atomic mass is 16.3. The highest BCUT2D eigenvalue weighted by Gasteiger charge is 2.18. The lowest BCUT2D eigenvalue weighted by molar-refractivity contribution is 0.570. The Bertz CT molecular complexity index is 1020. The van der Waals surface area contributed by atoms with Crippen molar-refractivity contribution in [1.82, 2.24) is 29.5 Å². The Morgan fingerprint density at radius 2 is 2.04 bits per heavy atom. The number of pyridine rings is 1. The zero-order valence-electron chi connectivity index (χ0n) is 13.3. The lowest BCUT2D eigenvalue weighted by Crippen LogP contribution is -2.05. The van der Waals surface area contributed by atoms with Gasteiger partial charge in [-0.2, -0.15) is 5.10 Å². The Balaban J connectivity index is 1.82. The van der Waals surface area contributed by atoms with Crippen molar-refractivity contribution >= 4 is 11.5 Å². The Labute approximate surface area is 137 Å². The molecule has 0 bridgehead atoms. The van der Waals surface area contributed by atoms with Crippen molar-refractivity contribution in [2.75, 3.05) is 5.73 Å². The number of nitrogens with two attached hydrogens (primary N) is 1. The van der Waals surface area contributed by atoms with Crippen molar-refractivity contribution in [2.45, 2.75) is 20.3 Å². The van der Waals surface area contributed by atoms with Crippen LogP contribution in [0.25, 0.3) is 17.2 Å². The number of oxazole rings is 1. The molecule has 4 aromatic rings. The molecule has 2 N–H and O–H groups in total. The molecule has 0 fully saturated rings. The van der Waals surface area contributed by atoms with Crippen LogP contribution in [-0.2, 0) is 6.42 Å². The van der Waals surface area contributed by atoms with Gasteiger partial charge in [0.05, 0.1) is 24.0 Å². The van der Waals surface area contributed by atoms with E-state index in [0.29, 0.717) is 29.5 Å². The van der Waals surface area contributed by atoms with Crippen molar-refractivity contribution in [3.63, 3.8) is 0 Å². The number of nitrogen functional groups attached to an aromatic ring is 1. The zero-order valence-corrected chi connectivity index (χ0v) is 13.3. The van der Waals surface area contributed by atoms with Crippen LogP contribution in [0.4, 0.5) is 5.82 Å². The largest absolute Gasteiger partial charge is 0.443 e. The fourth-order valence-electron chi connectivity index (χ4n) is 2.58. The molecule has 8 nitrogen and oxygen atoms in total. The predicted octanol–water partition coefficient (Wildman–Crippen LogP) is 1.96. The smallest absolute Gasteiger partial charge is 0.246 e. The number of nitrogens with zero attached hydrogens (tertiary/aromatic N) is 6. The summed E-state index contributed by atoms with van der Waals surface area (Å²) < 4.78 is 7.00.